The Bertz CT molecular complexity index is 841. The van der Waals surface area contributed by atoms with Crippen LogP contribution in [0.25, 0.3) is 10.9 Å². The number of anilines is 2. The van der Waals surface area contributed by atoms with Gasteiger partial charge in [-0.2, -0.15) is 10.1 Å². The molecule has 2 aromatic heterocycles. The van der Waals surface area contributed by atoms with Crippen molar-refractivity contribution in [1.82, 2.24) is 20.2 Å². The van der Waals surface area contributed by atoms with E-state index in [9.17, 15) is 0 Å². The zero-order valence-electron chi connectivity index (χ0n) is 13.6. The number of nitrogens with one attached hydrogen (secondary N) is 1. The van der Waals surface area contributed by atoms with Gasteiger partial charge in [-0.15, -0.1) is 0 Å². The van der Waals surface area contributed by atoms with Gasteiger partial charge in [-0.05, 0) is 25.0 Å². The van der Waals surface area contributed by atoms with Crippen LogP contribution in [0.1, 0.15) is 23.7 Å². The van der Waals surface area contributed by atoms with Crippen LogP contribution in [0, 0.1) is 6.92 Å². The standard InChI is InChI=1S/C17H20N6O/c1-11-8-16(21-17(18)20-11)23-6-3-7-24-10-15(23)12-4-2-5-14-13(12)9-19-22-14/h2,4-5,8-9,15H,3,6-7,10H2,1H3,(H,19,22)(H2,18,20,21). The number of benzene rings is 1. The van der Waals surface area contributed by atoms with E-state index in [1.807, 2.05) is 31.3 Å². The minimum atomic E-state index is 0.0579. The first-order chi connectivity index (χ1) is 11.7. The second-order valence-electron chi connectivity index (χ2n) is 6.04. The smallest absolute Gasteiger partial charge is 0.222 e. The van der Waals surface area contributed by atoms with E-state index in [1.54, 1.807) is 0 Å². The summed E-state index contributed by atoms with van der Waals surface area (Å²) in [6, 6.07) is 8.23. The summed E-state index contributed by atoms with van der Waals surface area (Å²) in [6.07, 6.45) is 2.81. The van der Waals surface area contributed by atoms with Crippen LogP contribution in [0.2, 0.25) is 0 Å². The number of hydrogen-bond donors (Lipinski definition) is 2. The number of hydrogen-bond acceptors (Lipinski definition) is 6. The quantitative estimate of drug-likeness (QED) is 0.751. The van der Waals surface area contributed by atoms with Gasteiger partial charge in [0.05, 0.1) is 24.4 Å². The molecule has 1 aliphatic rings. The molecule has 7 heteroatoms. The summed E-state index contributed by atoms with van der Waals surface area (Å²) in [6.45, 7) is 4.14. The molecular formula is C17H20N6O. The molecule has 0 spiro atoms. The van der Waals surface area contributed by atoms with Crippen molar-refractivity contribution in [2.75, 3.05) is 30.4 Å². The number of nitrogens with zero attached hydrogens (tertiary/aromatic N) is 4. The molecular weight excluding hydrogens is 304 g/mol. The van der Waals surface area contributed by atoms with E-state index in [0.29, 0.717) is 12.6 Å². The van der Waals surface area contributed by atoms with Crippen molar-refractivity contribution in [3.63, 3.8) is 0 Å². The van der Waals surface area contributed by atoms with Crippen LogP contribution in [0.4, 0.5) is 11.8 Å². The number of nitrogens with two attached hydrogens (primary N) is 1. The first-order valence-electron chi connectivity index (χ1n) is 8.10. The van der Waals surface area contributed by atoms with Crippen LogP contribution in [-0.4, -0.2) is 39.9 Å². The zero-order valence-corrected chi connectivity index (χ0v) is 13.6. The highest BCUT2D eigenvalue weighted by Crippen LogP contribution is 2.32. The molecule has 1 atom stereocenters. The predicted molar refractivity (Wildman–Crippen MR) is 92.8 cm³/mol. The SMILES string of the molecule is Cc1cc(N2CCCOCC2c2cccc3[nH]ncc23)nc(N)n1. The number of H-pyrrole nitrogens is 1. The fourth-order valence-corrected chi connectivity index (χ4v) is 3.31. The Kier molecular flexibility index (Phi) is 3.78. The Morgan fingerprint density at radius 1 is 1.33 bits per heavy atom. The van der Waals surface area contributed by atoms with Gasteiger partial charge in [-0.3, -0.25) is 5.10 Å². The lowest BCUT2D eigenvalue weighted by Gasteiger charge is -2.31. The second kappa shape index (κ2) is 6.09. The zero-order chi connectivity index (χ0) is 16.5. The van der Waals surface area contributed by atoms with Crippen molar-refractivity contribution in [3.8, 4) is 0 Å². The van der Waals surface area contributed by atoms with Gasteiger partial charge in [0.15, 0.2) is 0 Å². The van der Waals surface area contributed by atoms with Gasteiger partial charge >= 0.3 is 0 Å². The van der Waals surface area contributed by atoms with Crippen molar-refractivity contribution in [2.45, 2.75) is 19.4 Å². The van der Waals surface area contributed by atoms with Crippen LogP contribution >= 0.6 is 0 Å². The lowest BCUT2D eigenvalue weighted by molar-refractivity contribution is 0.134. The van der Waals surface area contributed by atoms with Gasteiger partial charge in [-0.25, -0.2) is 4.98 Å². The van der Waals surface area contributed by atoms with Crippen LogP contribution in [-0.2, 0) is 4.74 Å². The molecule has 0 radical (unpaired) electrons. The van der Waals surface area contributed by atoms with Gasteiger partial charge in [0.25, 0.3) is 0 Å². The molecule has 0 amide bonds. The summed E-state index contributed by atoms with van der Waals surface area (Å²) in [5.74, 6) is 1.14. The number of fused-ring (bicyclic) bond motifs is 1. The predicted octanol–water partition coefficient (Wildman–Crippen LogP) is 2.21. The maximum Gasteiger partial charge on any atom is 0.222 e. The maximum atomic E-state index is 5.87. The van der Waals surface area contributed by atoms with E-state index < -0.39 is 0 Å². The lowest BCUT2D eigenvalue weighted by atomic mass is 10.0. The fraction of sp³-hybridized carbons (Fsp3) is 0.353. The highest BCUT2D eigenvalue weighted by molar-refractivity contribution is 5.82. The Labute approximate surface area is 139 Å². The molecule has 4 rings (SSSR count). The van der Waals surface area contributed by atoms with E-state index in [1.165, 1.54) is 5.56 Å². The minimum Gasteiger partial charge on any atom is -0.379 e. The normalized spacial score (nSPS) is 18.7. The summed E-state index contributed by atoms with van der Waals surface area (Å²) in [4.78, 5) is 10.9. The third-order valence-electron chi connectivity index (χ3n) is 4.37. The number of aromatic nitrogens is 4. The Morgan fingerprint density at radius 3 is 3.12 bits per heavy atom. The topological polar surface area (TPSA) is 93.0 Å². The first kappa shape index (κ1) is 14.9. The number of rotatable bonds is 2. The van der Waals surface area contributed by atoms with Crippen LogP contribution in [0.3, 0.4) is 0 Å². The monoisotopic (exact) mass is 324 g/mol. The Morgan fingerprint density at radius 2 is 2.25 bits per heavy atom. The van der Waals surface area contributed by atoms with E-state index in [-0.39, 0.29) is 6.04 Å². The summed E-state index contributed by atoms with van der Waals surface area (Å²) < 4.78 is 5.85. The number of nitrogen functional groups attached to an aromatic ring is 1. The maximum absolute atomic E-state index is 5.87. The van der Waals surface area contributed by atoms with Crippen molar-refractivity contribution < 1.29 is 4.74 Å². The Balaban J connectivity index is 1.82. The van der Waals surface area contributed by atoms with E-state index in [2.05, 4.69) is 31.1 Å². The van der Waals surface area contributed by atoms with Crippen molar-refractivity contribution in [3.05, 3.63) is 41.7 Å². The first-order valence-corrected chi connectivity index (χ1v) is 8.10. The third kappa shape index (κ3) is 2.67. The molecule has 3 aromatic rings. The van der Waals surface area contributed by atoms with Crippen LogP contribution in [0.5, 0.6) is 0 Å². The summed E-state index contributed by atoms with van der Waals surface area (Å²) in [5, 5.41) is 8.32. The number of aryl methyl sites for hydroxylation is 1. The molecule has 1 unspecified atom stereocenters. The fourth-order valence-electron chi connectivity index (χ4n) is 3.31. The summed E-state index contributed by atoms with van der Waals surface area (Å²) in [5.41, 5.74) is 8.93. The average molecular weight is 324 g/mol. The lowest BCUT2D eigenvalue weighted by Crippen LogP contribution is -2.31. The van der Waals surface area contributed by atoms with E-state index >= 15 is 0 Å². The van der Waals surface area contributed by atoms with Crippen LogP contribution in [0.15, 0.2) is 30.5 Å². The average Bonchev–Trinajstić information content (AvgIpc) is 2.90. The molecule has 0 aliphatic carbocycles. The van der Waals surface area contributed by atoms with Crippen molar-refractivity contribution in [1.29, 1.82) is 0 Å². The minimum absolute atomic E-state index is 0.0579. The summed E-state index contributed by atoms with van der Waals surface area (Å²) >= 11 is 0. The summed E-state index contributed by atoms with van der Waals surface area (Å²) in [7, 11) is 0. The Hall–Kier alpha value is -2.67. The van der Waals surface area contributed by atoms with E-state index in [4.69, 9.17) is 10.5 Å². The number of aromatic amines is 1. The molecule has 0 bridgehead atoms. The highest BCUT2D eigenvalue weighted by atomic mass is 16.5. The molecule has 3 heterocycles. The van der Waals surface area contributed by atoms with Gasteiger partial charge < -0.3 is 15.4 Å². The largest absolute Gasteiger partial charge is 0.379 e. The van der Waals surface area contributed by atoms with Crippen molar-refractivity contribution >= 4 is 22.7 Å². The molecule has 1 saturated heterocycles. The second-order valence-corrected chi connectivity index (χ2v) is 6.04. The van der Waals surface area contributed by atoms with Crippen molar-refractivity contribution in [2.24, 2.45) is 0 Å². The molecule has 1 fully saturated rings. The van der Waals surface area contributed by atoms with Gasteiger partial charge in [-0.1, -0.05) is 12.1 Å². The molecule has 7 nitrogen and oxygen atoms in total. The molecule has 0 saturated carbocycles. The molecule has 3 N–H and O–H groups in total. The van der Waals surface area contributed by atoms with Gasteiger partial charge in [0, 0.05) is 30.3 Å². The molecule has 1 aliphatic heterocycles. The van der Waals surface area contributed by atoms with Gasteiger partial charge in [0.2, 0.25) is 5.95 Å². The third-order valence-corrected chi connectivity index (χ3v) is 4.37. The van der Waals surface area contributed by atoms with E-state index in [0.717, 1.165) is 42.0 Å². The number of ether oxygens (including phenoxy) is 1. The highest BCUT2D eigenvalue weighted by Gasteiger charge is 2.26. The van der Waals surface area contributed by atoms with Crippen LogP contribution < -0.4 is 10.6 Å². The molecule has 124 valence electrons. The van der Waals surface area contributed by atoms with Gasteiger partial charge in [0.1, 0.15) is 5.82 Å². The molecule has 24 heavy (non-hydrogen) atoms. The molecule has 1 aromatic carbocycles.